The van der Waals surface area contributed by atoms with Crippen molar-refractivity contribution in [3.8, 4) is 0 Å². The highest BCUT2D eigenvalue weighted by Gasteiger charge is 2.24. The van der Waals surface area contributed by atoms with Gasteiger partial charge in [-0.15, -0.1) is 0 Å². The first-order valence-corrected chi connectivity index (χ1v) is 7.70. The van der Waals surface area contributed by atoms with E-state index in [1.54, 1.807) is 12.4 Å². The molecule has 1 fully saturated rings. The second kappa shape index (κ2) is 5.72. The molecular weight excluding hydrogens is 290 g/mol. The number of rotatable bonds is 2. The van der Waals surface area contributed by atoms with Gasteiger partial charge in [0.2, 0.25) is 0 Å². The summed E-state index contributed by atoms with van der Waals surface area (Å²) in [6.45, 7) is 2.98. The largest absolute Gasteiger partial charge is 0.353 e. The monoisotopic (exact) mass is 307 g/mol. The Morgan fingerprint density at radius 2 is 1.91 bits per heavy atom. The molecule has 1 saturated heterocycles. The van der Waals surface area contributed by atoms with Crippen LogP contribution in [0.2, 0.25) is 0 Å². The molecule has 1 amide bonds. The number of nitrogens with zero attached hydrogens (tertiary/aromatic N) is 4. The molecule has 116 valence electrons. The maximum Gasteiger partial charge on any atom is 0.256 e. The van der Waals surface area contributed by atoms with Crippen LogP contribution in [0.4, 0.5) is 5.82 Å². The van der Waals surface area contributed by atoms with Crippen LogP contribution in [0.15, 0.2) is 48.8 Å². The minimum Gasteiger partial charge on any atom is -0.353 e. The van der Waals surface area contributed by atoms with Gasteiger partial charge in [0.15, 0.2) is 0 Å². The third kappa shape index (κ3) is 2.52. The minimum absolute atomic E-state index is 0.0560. The molecule has 1 aromatic carbocycles. The lowest BCUT2D eigenvalue weighted by atomic mass is 10.1. The molecule has 3 aromatic rings. The van der Waals surface area contributed by atoms with Crippen molar-refractivity contribution in [2.75, 3.05) is 31.1 Å². The third-order valence-electron chi connectivity index (χ3n) is 4.25. The van der Waals surface area contributed by atoms with E-state index in [9.17, 15) is 4.79 Å². The van der Waals surface area contributed by atoms with Crippen molar-refractivity contribution in [1.82, 2.24) is 20.1 Å². The van der Waals surface area contributed by atoms with E-state index >= 15 is 0 Å². The number of hydrogen-bond donors (Lipinski definition) is 1. The number of amides is 1. The van der Waals surface area contributed by atoms with Gasteiger partial charge in [0, 0.05) is 37.8 Å². The zero-order chi connectivity index (χ0) is 15.6. The van der Waals surface area contributed by atoms with Crippen LogP contribution in [0.3, 0.4) is 0 Å². The number of piperazine rings is 1. The zero-order valence-corrected chi connectivity index (χ0v) is 12.6. The van der Waals surface area contributed by atoms with Crippen molar-refractivity contribution in [3.05, 3.63) is 54.4 Å². The number of carbonyl (C=O) groups excluding carboxylic acids is 1. The number of hydrogen-bond acceptors (Lipinski definition) is 4. The Hall–Kier alpha value is -2.89. The number of fused-ring (bicyclic) bond motifs is 1. The lowest BCUT2D eigenvalue weighted by Gasteiger charge is -2.35. The lowest BCUT2D eigenvalue weighted by Crippen LogP contribution is -2.49. The van der Waals surface area contributed by atoms with E-state index in [2.05, 4.69) is 20.1 Å². The van der Waals surface area contributed by atoms with Gasteiger partial charge in [0.05, 0.1) is 17.3 Å². The van der Waals surface area contributed by atoms with Crippen LogP contribution >= 0.6 is 0 Å². The number of para-hydroxylation sites is 1. The molecule has 23 heavy (non-hydrogen) atoms. The lowest BCUT2D eigenvalue weighted by molar-refractivity contribution is 0.0748. The fraction of sp³-hybridized carbons (Fsp3) is 0.235. The highest BCUT2D eigenvalue weighted by atomic mass is 16.2. The predicted molar refractivity (Wildman–Crippen MR) is 88.4 cm³/mol. The highest BCUT2D eigenvalue weighted by Crippen LogP contribution is 2.19. The van der Waals surface area contributed by atoms with Crippen LogP contribution in [0.5, 0.6) is 0 Å². The Morgan fingerprint density at radius 1 is 1.04 bits per heavy atom. The van der Waals surface area contributed by atoms with E-state index in [4.69, 9.17) is 0 Å². The number of aromatic amines is 1. The second-order valence-electron chi connectivity index (χ2n) is 5.61. The fourth-order valence-corrected chi connectivity index (χ4v) is 3.00. The quantitative estimate of drug-likeness (QED) is 0.785. The van der Waals surface area contributed by atoms with Crippen LogP contribution in [-0.2, 0) is 0 Å². The molecule has 6 nitrogen and oxygen atoms in total. The SMILES string of the molecule is O=C(c1cccc2cn[nH]c12)N1CCN(c2ccccn2)CC1. The Balaban J connectivity index is 1.50. The molecular formula is C17H17N5O. The summed E-state index contributed by atoms with van der Waals surface area (Å²) in [4.78, 5) is 21.3. The summed E-state index contributed by atoms with van der Waals surface area (Å²) in [6, 6.07) is 11.6. The van der Waals surface area contributed by atoms with Gasteiger partial charge >= 0.3 is 0 Å². The summed E-state index contributed by atoms with van der Waals surface area (Å²) in [6.07, 6.45) is 3.54. The molecule has 2 aromatic heterocycles. The number of pyridine rings is 1. The first kappa shape index (κ1) is 13.8. The zero-order valence-electron chi connectivity index (χ0n) is 12.6. The highest BCUT2D eigenvalue weighted by molar-refractivity contribution is 6.05. The molecule has 0 bridgehead atoms. The number of anilines is 1. The van der Waals surface area contributed by atoms with E-state index in [0.717, 1.165) is 29.8 Å². The Bertz CT molecular complexity index is 821. The van der Waals surface area contributed by atoms with Gasteiger partial charge < -0.3 is 9.80 Å². The van der Waals surface area contributed by atoms with Crippen molar-refractivity contribution in [1.29, 1.82) is 0 Å². The van der Waals surface area contributed by atoms with Crippen LogP contribution in [0.1, 0.15) is 10.4 Å². The van der Waals surface area contributed by atoms with Crippen molar-refractivity contribution in [2.24, 2.45) is 0 Å². The van der Waals surface area contributed by atoms with Gasteiger partial charge in [0.1, 0.15) is 5.82 Å². The molecule has 0 spiro atoms. The molecule has 0 unspecified atom stereocenters. The first-order valence-electron chi connectivity index (χ1n) is 7.70. The molecule has 0 aliphatic carbocycles. The van der Waals surface area contributed by atoms with Gasteiger partial charge in [-0.1, -0.05) is 18.2 Å². The summed E-state index contributed by atoms with van der Waals surface area (Å²) in [5, 5.41) is 7.91. The normalized spacial score (nSPS) is 15.1. The van der Waals surface area contributed by atoms with Crippen molar-refractivity contribution in [3.63, 3.8) is 0 Å². The van der Waals surface area contributed by atoms with Crippen LogP contribution in [0, 0.1) is 0 Å². The van der Waals surface area contributed by atoms with Crippen molar-refractivity contribution < 1.29 is 4.79 Å². The van der Waals surface area contributed by atoms with E-state index in [1.165, 1.54) is 0 Å². The third-order valence-corrected chi connectivity index (χ3v) is 4.25. The molecule has 4 rings (SSSR count). The molecule has 1 aliphatic rings. The topological polar surface area (TPSA) is 65.1 Å². The number of H-pyrrole nitrogens is 1. The number of aromatic nitrogens is 3. The molecule has 0 radical (unpaired) electrons. The van der Waals surface area contributed by atoms with E-state index < -0.39 is 0 Å². The summed E-state index contributed by atoms with van der Waals surface area (Å²) in [5.41, 5.74) is 1.50. The van der Waals surface area contributed by atoms with Gasteiger partial charge in [-0.05, 0) is 18.2 Å². The van der Waals surface area contributed by atoms with Gasteiger partial charge in [-0.25, -0.2) is 4.98 Å². The van der Waals surface area contributed by atoms with Gasteiger partial charge in [-0.3, -0.25) is 9.89 Å². The van der Waals surface area contributed by atoms with E-state index in [0.29, 0.717) is 18.7 Å². The average Bonchev–Trinajstić information content (AvgIpc) is 3.11. The number of benzene rings is 1. The van der Waals surface area contributed by atoms with E-state index in [1.807, 2.05) is 41.3 Å². The van der Waals surface area contributed by atoms with Gasteiger partial charge in [-0.2, -0.15) is 5.10 Å². The fourth-order valence-electron chi connectivity index (χ4n) is 3.00. The van der Waals surface area contributed by atoms with Gasteiger partial charge in [0.25, 0.3) is 5.91 Å². The van der Waals surface area contributed by atoms with Crippen molar-refractivity contribution >= 4 is 22.6 Å². The number of carbonyl (C=O) groups is 1. The Kier molecular flexibility index (Phi) is 3.42. The maximum absolute atomic E-state index is 12.8. The summed E-state index contributed by atoms with van der Waals surface area (Å²) < 4.78 is 0. The van der Waals surface area contributed by atoms with Crippen LogP contribution in [0.25, 0.3) is 10.9 Å². The molecule has 0 atom stereocenters. The van der Waals surface area contributed by atoms with Crippen LogP contribution < -0.4 is 4.90 Å². The average molecular weight is 307 g/mol. The van der Waals surface area contributed by atoms with E-state index in [-0.39, 0.29) is 5.91 Å². The molecule has 1 N–H and O–H groups in total. The Morgan fingerprint density at radius 3 is 2.70 bits per heavy atom. The Labute approximate surface area is 133 Å². The first-order chi connectivity index (χ1) is 11.3. The summed E-state index contributed by atoms with van der Waals surface area (Å²) in [5.74, 6) is 1.02. The molecule has 0 saturated carbocycles. The minimum atomic E-state index is 0.0560. The smallest absolute Gasteiger partial charge is 0.256 e. The predicted octanol–water partition coefficient (Wildman–Crippen LogP) is 1.92. The standard InChI is InChI=1S/C17H17N5O/c23-17(14-5-3-4-13-12-19-20-16(13)14)22-10-8-21(9-11-22)15-6-1-2-7-18-15/h1-7,12H,8-11H2,(H,19,20). The number of nitrogens with one attached hydrogen (secondary N) is 1. The molecule has 3 heterocycles. The van der Waals surface area contributed by atoms with Crippen LogP contribution in [-0.4, -0.2) is 52.2 Å². The summed E-state index contributed by atoms with van der Waals surface area (Å²) in [7, 11) is 0. The second-order valence-corrected chi connectivity index (χ2v) is 5.61. The molecule has 1 aliphatic heterocycles. The van der Waals surface area contributed by atoms with Crippen molar-refractivity contribution in [2.45, 2.75) is 0 Å². The molecule has 6 heteroatoms. The summed E-state index contributed by atoms with van der Waals surface area (Å²) >= 11 is 0. The maximum atomic E-state index is 12.8.